The fourth-order valence-electron chi connectivity index (χ4n) is 1.49. The predicted octanol–water partition coefficient (Wildman–Crippen LogP) is 4.07. The van der Waals surface area contributed by atoms with Crippen LogP contribution in [0.1, 0.15) is 0 Å². The molecule has 0 aliphatic heterocycles. The molecule has 2 rings (SSSR count). The van der Waals surface area contributed by atoms with E-state index in [-0.39, 0.29) is 9.92 Å². The SMILES string of the molecule is COc1ccc(Oc2ccc(S(=O)(=O)Cl)cc2Cl)cc1. The second-order valence-electron chi connectivity index (χ2n) is 3.81. The van der Waals surface area contributed by atoms with Crippen LogP contribution in [0.25, 0.3) is 0 Å². The van der Waals surface area contributed by atoms with Gasteiger partial charge in [0.2, 0.25) is 0 Å². The van der Waals surface area contributed by atoms with E-state index in [1.54, 1.807) is 31.4 Å². The van der Waals surface area contributed by atoms with Gasteiger partial charge in [-0.2, -0.15) is 0 Å². The van der Waals surface area contributed by atoms with Crippen LogP contribution in [0.5, 0.6) is 17.2 Å². The molecular formula is C13H10Cl2O4S. The number of hydrogen-bond donors (Lipinski definition) is 0. The zero-order valence-corrected chi connectivity index (χ0v) is 12.7. The lowest BCUT2D eigenvalue weighted by Gasteiger charge is -2.09. The maximum atomic E-state index is 11.2. The summed E-state index contributed by atoms with van der Waals surface area (Å²) in [6.07, 6.45) is 0. The summed E-state index contributed by atoms with van der Waals surface area (Å²) >= 11 is 5.97. The van der Waals surface area contributed by atoms with E-state index < -0.39 is 9.05 Å². The van der Waals surface area contributed by atoms with Crippen molar-refractivity contribution in [2.45, 2.75) is 4.90 Å². The third-order valence-electron chi connectivity index (χ3n) is 2.47. The van der Waals surface area contributed by atoms with Gasteiger partial charge in [-0.1, -0.05) is 11.6 Å². The molecule has 0 saturated carbocycles. The molecule has 0 amide bonds. The highest BCUT2D eigenvalue weighted by atomic mass is 35.7. The average Bonchev–Trinajstić information content (AvgIpc) is 2.41. The van der Waals surface area contributed by atoms with Crippen molar-refractivity contribution in [3.05, 3.63) is 47.5 Å². The van der Waals surface area contributed by atoms with Gasteiger partial charge in [0, 0.05) is 10.7 Å². The maximum Gasteiger partial charge on any atom is 0.261 e. The number of methoxy groups -OCH3 is 1. The predicted molar refractivity (Wildman–Crippen MR) is 77.6 cm³/mol. The molecule has 0 aromatic heterocycles. The van der Waals surface area contributed by atoms with Crippen LogP contribution in [0.15, 0.2) is 47.4 Å². The van der Waals surface area contributed by atoms with Crippen LogP contribution in [-0.4, -0.2) is 15.5 Å². The quantitative estimate of drug-likeness (QED) is 0.792. The molecule has 2 aromatic rings. The molecule has 0 heterocycles. The lowest BCUT2D eigenvalue weighted by atomic mass is 10.3. The molecule has 0 saturated heterocycles. The molecule has 0 radical (unpaired) electrons. The summed E-state index contributed by atoms with van der Waals surface area (Å²) in [5.74, 6) is 1.59. The smallest absolute Gasteiger partial charge is 0.261 e. The van der Waals surface area contributed by atoms with E-state index >= 15 is 0 Å². The Balaban J connectivity index is 2.25. The zero-order valence-electron chi connectivity index (χ0n) is 10.3. The Morgan fingerprint density at radius 1 is 1.00 bits per heavy atom. The lowest BCUT2D eigenvalue weighted by molar-refractivity contribution is 0.413. The van der Waals surface area contributed by atoms with Crippen molar-refractivity contribution in [2.75, 3.05) is 7.11 Å². The topological polar surface area (TPSA) is 52.6 Å². The summed E-state index contributed by atoms with van der Waals surface area (Å²) in [7, 11) is 2.99. The largest absolute Gasteiger partial charge is 0.497 e. The van der Waals surface area contributed by atoms with Crippen LogP contribution in [0.2, 0.25) is 5.02 Å². The number of hydrogen-bond acceptors (Lipinski definition) is 4. The molecule has 0 fully saturated rings. The number of ether oxygens (including phenoxy) is 2. The van der Waals surface area contributed by atoms with Gasteiger partial charge in [-0.3, -0.25) is 0 Å². The van der Waals surface area contributed by atoms with E-state index in [1.807, 2.05) is 0 Å². The Bertz CT molecular complexity index is 712. The van der Waals surface area contributed by atoms with Crippen molar-refractivity contribution in [3.63, 3.8) is 0 Å². The first-order valence-electron chi connectivity index (χ1n) is 5.46. The standard InChI is InChI=1S/C13H10Cl2O4S/c1-18-9-2-4-10(5-3-9)19-13-7-6-11(8-12(13)14)20(15,16)17/h2-8H,1H3. The second kappa shape index (κ2) is 5.91. The molecule has 0 aliphatic carbocycles. The number of halogens is 2. The average molecular weight is 333 g/mol. The molecule has 0 N–H and O–H groups in total. The third-order valence-corrected chi connectivity index (χ3v) is 4.12. The minimum atomic E-state index is -3.81. The van der Waals surface area contributed by atoms with Crippen LogP contribution in [0.4, 0.5) is 0 Å². The highest BCUT2D eigenvalue weighted by Crippen LogP contribution is 2.32. The molecule has 7 heteroatoms. The summed E-state index contributed by atoms with van der Waals surface area (Å²) in [6.45, 7) is 0. The third kappa shape index (κ3) is 3.56. The molecule has 0 aliphatic rings. The van der Waals surface area contributed by atoms with Crippen molar-refractivity contribution in [3.8, 4) is 17.2 Å². The van der Waals surface area contributed by atoms with Gasteiger partial charge >= 0.3 is 0 Å². The van der Waals surface area contributed by atoms with Gasteiger partial charge in [-0.15, -0.1) is 0 Å². The van der Waals surface area contributed by atoms with Gasteiger partial charge in [0.15, 0.2) is 0 Å². The van der Waals surface area contributed by atoms with E-state index in [9.17, 15) is 8.42 Å². The minimum Gasteiger partial charge on any atom is -0.497 e. The number of rotatable bonds is 4. The summed E-state index contributed by atoms with van der Waals surface area (Å²) in [6, 6.07) is 10.9. The van der Waals surface area contributed by atoms with Gasteiger partial charge in [-0.25, -0.2) is 8.42 Å². The van der Waals surface area contributed by atoms with Crippen molar-refractivity contribution < 1.29 is 17.9 Å². The van der Waals surface area contributed by atoms with Crippen LogP contribution < -0.4 is 9.47 Å². The van der Waals surface area contributed by atoms with E-state index in [4.69, 9.17) is 31.8 Å². The van der Waals surface area contributed by atoms with Crippen LogP contribution >= 0.6 is 22.3 Å². The van der Waals surface area contributed by atoms with Gasteiger partial charge in [0.05, 0.1) is 17.0 Å². The summed E-state index contributed by atoms with van der Waals surface area (Å²) < 4.78 is 32.9. The highest BCUT2D eigenvalue weighted by Gasteiger charge is 2.13. The van der Waals surface area contributed by atoms with Gasteiger partial charge in [0.25, 0.3) is 9.05 Å². The monoisotopic (exact) mass is 332 g/mol. The molecule has 0 unspecified atom stereocenters. The normalized spacial score (nSPS) is 11.2. The lowest BCUT2D eigenvalue weighted by Crippen LogP contribution is -1.92. The Labute approximate surface area is 126 Å². The van der Waals surface area contributed by atoms with Crippen molar-refractivity contribution in [1.29, 1.82) is 0 Å². The van der Waals surface area contributed by atoms with E-state index in [1.165, 1.54) is 18.2 Å². The van der Waals surface area contributed by atoms with Crippen LogP contribution in [0.3, 0.4) is 0 Å². The van der Waals surface area contributed by atoms with Gasteiger partial charge in [-0.05, 0) is 42.5 Å². The molecule has 4 nitrogen and oxygen atoms in total. The zero-order chi connectivity index (χ0) is 14.8. The van der Waals surface area contributed by atoms with E-state index in [0.717, 1.165) is 0 Å². The summed E-state index contributed by atoms with van der Waals surface area (Å²) in [5, 5.41) is 0.155. The Hall–Kier alpha value is -1.43. The van der Waals surface area contributed by atoms with Crippen LogP contribution in [0, 0.1) is 0 Å². The van der Waals surface area contributed by atoms with Gasteiger partial charge < -0.3 is 9.47 Å². The molecule has 0 atom stereocenters. The second-order valence-corrected chi connectivity index (χ2v) is 6.78. The molecule has 20 heavy (non-hydrogen) atoms. The summed E-state index contributed by atoms with van der Waals surface area (Å²) in [5.41, 5.74) is 0. The summed E-state index contributed by atoms with van der Waals surface area (Å²) in [4.78, 5) is -0.0775. The Morgan fingerprint density at radius 2 is 1.60 bits per heavy atom. The van der Waals surface area contributed by atoms with Gasteiger partial charge in [0.1, 0.15) is 17.2 Å². The van der Waals surface area contributed by atoms with E-state index in [0.29, 0.717) is 17.2 Å². The van der Waals surface area contributed by atoms with Crippen molar-refractivity contribution in [1.82, 2.24) is 0 Å². The molecule has 106 valence electrons. The Morgan fingerprint density at radius 3 is 2.10 bits per heavy atom. The Kier molecular flexibility index (Phi) is 4.42. The van der Waals surface area contributed by atoms with Crippen LogP contribution in [-0.2, 0) is 9.05 Å². The number of benzene rings is 2. The fourth-order valence-corrected chi connectivity index (χ4v) is 2.55. The first kappa shape index (κ1) is 15.0. The first-order chi connectivity index (χ1) is 9.40. The molecular weight excluding hydrogens is 323 g/mol. The van der Waals surface area contributed by atoms with Crippen molar-refractivity contribution in [2.24, 2.45) is 0 Å². The first-order valence-corrected chi connectivity index (χ1v) is 8.15. The molecule has 0 spiro atoms. The fraction of sp³-hybridized carbons (Fsp3) is 0.0769. The van der Waals surface area contributed by atoms with Crippen molar-refractivity contribution >= 4 is 31.3 Å². The molecule has 0 bridgehead atoms. The minimum absolute atomic E-state index is 0.0775. The highest BCUT2D eigenvalue weighted by molar-refractivity contribution is 8.13. The van der Waals surface area contributed by atoms with E-state index in [2.05, 4.69) is 0 Å². The molecule has 2 aromatic carbocycles. The maximum absolute atomic E-state index is 11.2.